The Bertz CT molecular complexity index is 718. The molecule has 0 spiro atoms. The van der Waals surface area contributed by atoms with E-state index in [1.54, 1.807) is 6.07 Å². The Morgan fingerprint density at radius 3 is 2.62 bits per heavy atom. The molecule has 1 heterocycles. The highest BCUT2D eigenvalue weighted by molar-refractivity contribution is 5.78. The van der Waals surface area contributed by atoms with Gasteiger partial charge >= 0.3 is 0 Å². The number of hydrogen-bond acceptors (Lipinski definition) is 2. The Labute approximate surface area is 140 Å². The maximum absolute atomic E-state index is 13.6. The van der Waals surface area contributed by atoms with Gasteiger partial charge in [0.2, 0.25) is 0 Å². The van der Waals surface area contributed by atoms with Crippen molar-refractivity contribution < 1.29 is 13.2 Å². The quantitative estimate of drug-likeness (QED) is 0.855. The summed E-state index contributed by atoms with van der Waals surface area (Å²) in [5, 5.41) is 3.31. The van der Waals surface area contributed by atoms with Gasteiger partial charge in [0.15, 0.2) is 11.6 Å². The molecule has 24 heavy (non-hydrogen) atoms. The summed E-state index contributed by atoms with van der Waals surface area (Å²) in [6, 6.07) is 8.54. The van der Waals surface area contributed by atoms with E-state index in [9.17, 15) is 13.2 Å². The summed E-state index contributed by atoms with van der Waals surface area (Å²) in [5.74, 6) is -2.25. The molecule has 5 heteroatoms. The minimum Gasteiger partial charge on any atom is -0.384 e. The smallest absolute Gasteiger partial charge is 0.159 e. The topological polar surface area (TPSA) is 15.3 Å². The van der Waals surface area contributed by atoms with Gasteiger partial charge in [0.1, 0.15) is 5.82 Å². The van der Waals surface area contributed by atoms with Gasteiger partial charge in [-0.15, -0.1) is 0 Å². The lowest BCUT2D eigenvalue weighted by Crippen LogP contribution is -2.27. The van der Waals surface area contributed by atoms with E-state index in [0.717, 1.165) is 37.3 Å². The molecule has 1 unspecified atom stereocenters. The molecule has 1 fully saturated rings. The molecule has 0 aromatic heterocycles. The van der Waals surface area contributed by atoms with Crippen molar-refractivity contribution in [3.63, 3.8) is 0 Å². The van der Waals surface area contributed by atoms with Crippen molar-refractivity contribution in [2.45, 2.75) is 25.3 Å². The maximum atomic E-state index is 13.6. The van der Waals surface area contributed by atoms with Crippen LogP contribution in [-0.2, 0) is 0 Å². The van der Waals surface area contributed by atoms with E-state index in [1.807, 2.05) is 0 Å². The van der Waals surface area contributed by atoms with E-state index in [-0.39, 0.29) is 0 Å². The molecule has 3 rings (SSSR count). The van der Waals surface area contributed by atoms with Gasteiger partial charge in [-0.1, -0.05) is 6.07 Å². The summed E-state index contributed by atoms with van der Waals surface area (Å²) in [4.78, 5) is 2.35. The summed E-state index contributed by atoms with van der Waals surface area (Å²) in [7, 11) is 2.13. The molecule has 0 aliphatic carbocycles. The standard InChI is InChI=1S/C19H21F3N2/c1-24-10-2-3-15(24)8-9-23-19-7-5-14(20)12-16(19)13-4-6-17(21)18(22)11-13/h4-7,11-12,15,23H,2-3,8-10H2,1H3. The maximum Gasteiger partial charge on any atom is 0.159 e. The first-order valence-electron chi connectivity index (χ1n) is 8.23. The molecule has 1 saturated heterocycles. The van der Waals surface area contributed by atoms with Crippen LogP contribution in [0.2, 0.25) is 0 Å². The van der Waals surface area contributed by atoms with Crippen LogP contribution in [0.4, 0.5) is 18.9 Å². The predicted octanol–water partition coefficient (Wildman–Crippen LogP) is 4.67. The van der Waals surface area contributed by atoms with Crippen molar-refractivity contribution in [3.05, 3.63) is 53.8 Å². The third-order valence-electron chi connectivity index (χ3n) is 4.68. The van der Waals surface area contributed by atoms with Crippen LogP contribution < -0.4 is 5.32 Å². The van der Waals surface area contributed by atoms with Crippen LogP contribution >= 0.6 is 0 Å². The Kier molecular flexibility index (Phi) is 5.09. The zero-order valence-corrected chi connectivity index (χ0v) is 13.7. The molecule has 2 nitrogen and oxygen atoms in total. The number of benzene rings is 2. The second kappa shape index (κ2) is 7.26. The number of nitrogens with one attached hydrogen (secondary N) is 1. The highest BCUT2D eigenvalue weighted by Crippen LogP contribution is 2.30. The van der Waals surface area contributed by atoms with Gasteiger partial charge in [-0.25, -0.2) is 13.2 Å². The summed E-state index contributed by atoms with van der Waals surface area (Å²) in [6.07, 6.45) is 3.40. The fraction of sp³-hybridized carbons (Fsp3) is 0.368. The molecule has 0 bridgehead atoms. The SMILES string of the molecule is CN1CCCC1CCNc1ccc(F)cc1-c1ccc(F)c(F)c1. The number of halogens is 3. The monoisotopic (exact) mass is 334 g/mol. The Morgan fingerprint density at radius 1 is 1.08 bits per heavy atom. The van der Waals surface area contributed by atoms with E-state index < -0.39 is 17.5 Å². The average molecular weight is 334 g/mol. The van der Waals surface area contributed by atoms with E-state index in [0.29, 0.717) is 17.2 Å². The largest absolute Gasteiger partial charge is 0.384 e. The van der Waals surface area contributed by atoms with Gasteiger partial charge in [-0.05, 0) is 68.8 Å². The van der Waals surface area contributed by atoms with Gasteiger partial charge in [-0.2, -0.15) is 0 Å². The molecule has 1 aliphatic rings. The molecule has 2 aromatic carbocycles. The van der Waals surface area contributed by atoms with Crippen molar-refractivity contribution in [1.82, 2.24) is 4.90 Å². The minimum atomic E-state index is -0.935. The Hall–Kier alpha value is -2.01. The van der Waals surface area contributed by atoms with Crippen molar-refractivity contribution in [2.24, 2.45) is 0 Å². The number of nitrogens with zero attached hydrogens (tertiary/aromatic N) is 1. The highest BCUT2D eigenvalue weighted by atomic mass is 19.2. The lowest BCUT2D eigenvalue weighted by molar-refractivity contribution is 0.301. The Balaban J connectivity index is 1.76. The molecule has 1 aliphatic heterocycles. The summed E-state index contributed by atoms with van der Waals surface area (Å²) < 4.78 is 40.3. The van der Waals surface area contributed by atoms with Gasteiger partial charge in [-0.3, -0.25) is 0 Å². The van der Waals surface area contributed by atoms with Gasteiger partial charge < -0.3 is 10.2 Å². The summed E-state index contributed by atoms with van der Waals surface area (Å²) >= 11 is 0. The predicted molar refractivity (Wildman–Crippen MR) is 90.5 cm³/mol. The van der Waals surface area contributed by atoms with Crippen LogP contribution in [0.15, 0.2) is 36.4 Å². The number of likely N-dealkylation sites (tertiary alicyclic amines) is 1. The lowest BCUT2D eigenvalue weighted by atomic mass is 10.0. The van der Waals surface area contributed by atoms with Crippen LogP contribution in [0, 0.1) is 17.5 Å². The molecule has 2 aromatic rings. The van der Waals surface area contributed by atoms with Crippen molar-refractivity contribution in [3.8, 4) is 11.1 Å². The van der Waals surface area contributed by atoms with Crippen LogP contribution in [0.5, 0.6) is 0 Å². The Morgan fingerprint density at radius 2 is 1.92 bits per heavy atom. The van der Waals surface area contributed by atoms with Gasteiger partial charge in [0.25, 0.3) is 0 Å². The lowest BCUT2D eigenvalue weighted by Gasteiger charge is -2.20. The van der Waals surface area contributed by atoms with Crippen molar-refractivity contribution in [1.29, 1.82) is 0 Å². The molecular weight excluding hydrogens is 313 g/mol. The average Bonchev–Trinajstić information content (AvgIpc) is 2.97. The first-order chi connectivity index (χ1) is 11.5. The van der Waals surface area contributed by atoms with E-state index in [1.165, 1.54) is 31.0 Å². The molecule has 0 radical (unpaired) electrons. The third kappa shape index (κ3) is 3.73. The fourth-order valence-electron chi connectivity index (χ4n) is 3.29. The number of rotatable bonds is 5. The van der Waals surface area contributed by atoms with Crippen molar-refractivity contribution in [2.75, 3.05) is 25.5 Å². The first-order valence-corrected chi connectivity index (χ1v) is 8.23. The van der Waals surface area contributed by atoms with Crippen LogP contribution in [0.25, 0.3) is 11.1 Å². The molecular formula is C19H21F3N2. The van der Waals surface area contributed by atoms with Crippen LogP contribution in [0.1, 0.15) is 19.3 Å². The van der Waals surface area contributed by atoms with Gasteiger partial charge in [0, 0.05) is 23.8 Å². The normalized spacial score (nSPS) is 18.1. The number of anilines is 1. The molecule has 128 valence electrons. The van der Waals surface area contributed by atoms with Crippen molar-refractivity contribution >= 4 is 5.69 Å². The fourth-order valence-corrected chi connectivity index (χ4v) is 3.29. The second-order valence-electron chi connectivity index (χ2n) is 6.31. The molecule has 1 N–H and O–H groups in total. The first kappa shape index (κ1) is 16.8. The summed E-state index contributed by atoms with van der Waals surface area (Å²) in [5.41, 5.74) is 1.71. The van der Waals surface area contributed by atoms with E-state index in [4.69, 9.17) is 0 Å². The highest BCUT2D eigenvalue weighted by Gasteiger charge is 2.20. The summed E-state index contributed by atoms with van der Waals surface area (Å²) in [6.45, 7) is 1.87. The van der Waals surface area contributed by atoms with Crippen LogP contribution in [0.3, 0.4) is 0 Å². The van der Waals surface area contributed by atoms with E-state index >= 15 is 0 Å². The minimum absolute atomic E-state index is 0.407. The van der Waals surface area contributed by atoms with Gasteiger partial charge in [0.05, 0.1) is 0 Å². The molecule has 1 atom stereocenters. The molecule has 0 amide bonds. The van der Waals surface area contributed by atoms with Crippen LogP contribution in [-0.4, -0.2) is 31.1 Å². The number of hydrogen-bond donors (Lipinski definition) is 1. The third-order valence-corrected chi connectivity index (χ3v) is 4.68. The zero-order chi connectivity index (χ0) is 17.1. The molecule has 0 saturated carbocycles. The van der Waals surface area contributed by atoms with E-state index in [2.05, 4.69) is 17.3 Å². The second-order valence-corrected chi connectivity index (χ2v) is 6.31. The zero-order valence-electron chi connectivity index (χ0n) is 13.7.